The van der Waals surface area contributed by atoms with Crippen LogP contribution in [0.3, 0.4) is 0 Å². The zero-order chi connectivity index (χ0) is 14.2. The molecule has 0 radical (unpaired) electrons. The highest BCUT2D eigenvalue weighted by atomic mass is 35.5. The summed E-state index contributed by atoms with van der Waals surface area (Å²) in [5.74, 6) is -2.34. The largest absolute Gasteiger partial charge is 0.369 e. The zero-order valence-electron chi connectivity index (χ0n) is 9.74. The first-order valence-corrected chi connectivity index (χ1v) is 5.79. The van der Waals surface area contributed by atoms with Crippen LogP contribution in [0.5, 0.6) is 0 Å². The number of carbonyl (C=O) groups excluding carboxylic acids is 2. The molecule has 0 aliphatic carbocycles. The molecule has 1 fully saturated rings. The molecule has 3 amide bonds. The van der Waals surface area contributed by atoms with Crippen LogP contribution < -0.4 is 16.4 Å². The fraction of sp³-hybridized carbons (Fsp3) is 0.167. The normalized spacial score (nSPS) is 22.6. The van der Waals surface area contributed by atoms with E-state index in [9.17, 15) is 14.0 Å². The summed E-state index contributed by atoms with van der Waals surface area (Å²) in [4.78, 5) is 22.9. The van der Waals surface area contributed by atoms with Gasteiger partial charge in [-0.2, -0.15) is 0 Å². The van der Waals surface area contributed by atoms with Crippen LogP contribution in [0.2, 0.25) is 5.02 Å². The SMILES string of the molecule is C=C1NC(=O)NC(c2c(F)cccc2Cl)C1C(N)=O. The van der Waals surface area contributed by atoms with Gasteiger partial charge in [-0.05, 0) is 12.1 Å². The molecule has 0 bridgehead atoms. The number of nitrogens with one attached hydrogen (secondary N) is 2. The van der Waals surface area contributed by atoms with E-state index in [2.05, 4.69) is 17.2 Å². The average Bonchev–Trinajstić information content (AvgIpc) is 2.26. The maximum atomic E-state index is 13.9. The Morgan fingerprint density at radius 1 is 1.47 bits per heavy atom. The molecule has 1 saturated heterocycles. The summed E-state index contributed by atoms with van der Waals surface area (Å²) in [5.41, 5.74) is 5.40. The van der Waals surface area contributed by atoms with Crippen LogP contribution in [0, 0.1) is 11.7 Å². The molecule has 100 valence electrons. The van der Waals surface area contributed by atoms with Gasteiger partial charge in [0.05, 0.1) is 6.04 Å². The minimum absolute atomic E-state index is 0.0176. The lowest BCUT2D eigenvalue weighted by Gasteiger charge is -2.33. The van der Waals surface area contributed by atoms with E-state index in [0.29, 0.717) is 0 Å². The van der Waals surface area contributed by atoms with Gasteiger partial charge in [-0.1, -0.05) is 24.2 Å². The highest BCUT2D eigenvalue weighted by molar-refractivity contribution is 6.31. The lowest BCUT2D eigenvalue weighted by atomic mass is 9.88. The Labute approximate surface area is 113 Å². The molecule has 2 unspecified atom stereocenters. The van der Waals surface area contributed by atoms with E-state index in [1.54, 1.807) is 0 Å². The molecule has 7 heteroatoms. The van der Waals surface area contributed by atoms with Crippen LogP contribution in [0.25, 0.3) is 0 Å². The molecule has 1 aromatic carbocycles. The van der Waals surface area contributed by atoms with E-state index < -0.39 is 29.7 Å². The Bertz CT molecular complexity index is 556. The Hall–Kier alpha value is -2.08. The van der Waals surface area contributed by atoms with Gasteiger partial charge in [0.1, 0.15) is 11.7 Å². The second-order valence-electron chi connectivity index (χ2n) is 4.12. The third-order valence-electron chi connectivity index (χ3n) is 2.89. The third kappa shape index (κ3) is 2.39. The van der Waals surface area contributed by atoms with Crippen molar-refractivity contribution in [1.29, 1.82) is 0 Å². The Kier molecular flexibility index (Phi) is 3.44. The standard InChI is InChI=1S/C12H11ClFN3O2/c1-5-8(11(15)18)10(17-12(19)16-5)9-6(13)3-2-4-7(9)14/h2-4,8,10H,1H2,(H2,15,18)(H2,16,17,19). The summed E-state index contributed by atoms with van der Waals surface area (Å²) in [6.45, 7) is 3.56. The fourth-order valence-electron chi connectivity index (χ4n) is 2.07. The predicted octanol–water partition coefficient (Wildman–Crippen LogP) is 1.45. The maximum Gasteiger partial charge on any atom is 0.319 e. The molecule has 0 spiro atoms. The topological polar surface area (TPSA) is 84.2 Å². The van der Waals surface area contributed by atoms with E-state index in [4.69, 9.17) is 17.3 Å². The van der Waals surface area contributed by atoms with E-state index in [1.807, 2.05) is 0 Å². The van der Waals surface area contributed by atoms with Gasteiger partial charge in [0.2, 0.25) is 5.91 Å². The second kappa shape index (κ2) is 4.89. The van der Waals surface area contributed by atoms with Gasteiger partial charge in [-0.15, -0.1) is 0 Å². The molecule has 1 aliphatic rings. The number of hydrogen-bond acceptors (Lipinski definition) is 2. The van der Waals surface area contributed by atoms with Crippen molar-refractivity contribution in [2.45, 2.75) is 6.04 Å². The van der Waals surface area contributed by atoms with Crippen LogP contribution in [-0.2, 0) is 4.79 Å². The number of hydrogen-bond donors (Lipinski definition) is 3. The third-order valence-corrected chi connectivity index (χ3v) is 3.22. The van der Waals surface area contributed by atoms with E-state index in [-0.39, 0.29) is 16.3 Å². The van der Waals surface area contributed by atoms with Gasteiger partial charge in [-0.3, -0.25) is 4.79 Å². The first-order chi connectivity index (χ1) is 8.91. The maximum absolute atomic E-state index is 13.9. The first-order valence-electron chi connectivity index (χ1n) is 5.41. The van der Waals surface area contributed by atoms with Crippen molar-refractivity contribution >= 4 is 23.5 Å². The Morgan fingerprint density at radius 2 is 2.16 bits per heavy atom. The van der Waals surface area contributed by atoms with Crippen molar-refractivity contribution in [1.82, 2.24) is 10.6 Å². The number of rotatable bonds is 2. The van der Waals surface area contributed by atoms with Gasteiger partial charge in [-0.25, -0.2) is 9.18 Å². The Balaban J connectivity index is 2.53. The zero-order valence-corrected chi connectivity index (χ0v) is 10.5. The molecule has 2 rings (SSSR count). The summed E-state index contributed by atoms with van der Waals surface area (Å²) in [6.07, 6.45) is 0. The summed E-state index contributed by atoms with van der Waals surface area (Å²) in [5, 5.41) is 4.88. The van der Waals surface area contributed by atoms with E-state index in [0.717, 1.165) is 0 Å². The van der Waals surface area contributed by atoms with E-state index in [1.165, 1.54) is 18.2 Å². The molecule has 0 aromatic heterocycles. The monoisotopic (exact) mass is 283 g/mol. The van der Waals surface area contributed by atoms with Crippen molar-refractivity contribution in [3.63, 3.8) is 0 Å². The van der Waals surface area contributed by atoms with Crippen LogP contribution in [0.4, 0.5) is 9.18 Å². The van der Waals surface area contributed by atoms with Gasteiger partial charge in [0.25, 0.3) is 0 Å². The number of nitrogens with two attached hydrogens (primary N) is 1. The second-order valence-corrected chi connectivity index (χ2v) is 4.52. The molecular weight excluding hydrogens is 273 g/mol. The lowest BCUT2D eigenvalue weighted by Crippen LogP contribution is -2.52. The number of carbonyl (C=O) groups is 2. The predicted molar refractivity (Wildman–Crippen MR) is 67.6 cm³/mol. The van der Waals surface area contributed by atoms with Gasteiger partial charge < -0.3 is 16.4 Å². The van der Waals surface area contributed by atoms with Crippen LogP contribution >= 0.6 is 11.6 Å². The smallest absolute Gasteiger partial charge is 0.319 e. The molecule has 1 aromatic rings. The number of halogens is 2. The van der Waals surface area contributed by atoms with Crippen molar-refractivity contribution in [2.75, 3.05) is 0 Å². The number of benzene rings is 1. The lowest BCUT2D eigenvalue weighted by molar-refractivity contribution is -0.121. The van der Waals surface area contributed by atoms with Crippen LogP contribution in [0.1, 0.15) is 11.6 Å². The number of primary amides is 1. The number of urea groups is 1. The molecule has 1 heterocycles. The molecule has 5 nitrogen and oxygen atoms in total. The van der Waals surface area contributed by atoms with Crippen LogP contribution in [-0.4, -0.2) is 11.9 Å². The van der Waals surface area contributed by atoms with Crippen LogP contribution in [0.15, 0.2) is 30.5 Å². The molecule has 2 atom stereocenters. The quantitative estimate of drug-likeness (QED) is 0.767. The molecule has 0 saturated carbocycles. The highest BCUT2D eigenvalue weighted by Gasteiger charge is 2.38. The van der Waals surface area contributed by atoms with Gasteiger partial charge in [0.15, 0.2) is 0 Å². The molecule has 19 heavy (non-hydrogen) atoms. The number of amides is 3. The minimum Gasteiger partial charge on any atom is -0.369 e. The minimum atomic E-state index is -0.980. The van der Waals surface area contributed by atoms with Gasteiger partial charge >= 0.3 is 6.03 Å². The molecule has 1 aliphatic heterocycles. The van der Waals surface area contributed by atoms with Gasteiger partial charge in [0, 0.05) is 16.3 Å². The van der Waals surface area contributed by atoms with E-state index >= 15 is 0 Å². The summed E-state index contributed by atoms with van der Waals surface area (Å²) < 4.78 is 13.9. The highest BCUT2D eigenvalue weighted by Crippen LogP contribution is 2.34. The summed E-state index contributed by atoms with van der Waals surface area (Å²) >= 11 is 5.93. The average molecular weight is 284 g/mol. The van der Waals surface area contributed by atoms with Crippen molar-refractivity contribution in [3.8, 4) is 0 Å². The summed E-state index contributed by atoms with van der Waals surface area (Å²) in [6, 6.07) is 2.52. The molecular formula is C12H11ClFN3O2. The molecule has 4 N–H and O–H groups in total. The van der Waals surface area contributed by atoms with Crippen molar-refractivity contribution < 1.29 is 14.0 Å². The summed E-state index contributed by atoms with van der Waals surface area (Å²) in [7, 11) is 0. The fourth-order valence-corrected chi connectivity index (χ4v) is 2.35. The Morgan fingerprint density at radius 3 is 2.74 bits per heavy atom. The van der Waals surface area contributed by atoms with Crippen molar-refractivity contribution in [2.24, 2.45) is 11.7 Å². The first kappa shape index (κ1) is 13.4. The van der Waals surface area contributed by atoms with Crippen molar-refractivity contribution in [3.05, 3.63) is 46.9 Å².